The number of rotatable bonds is 7. The van der Waals surface area contributed by atoms with Gasteiger partial charge in [0.1, 0.15) is 0 Å². The molecule has 1 N–H and O–H groups in total. The summed E-state index contributed by atoms with van der Waals surface area (Å²) in [6.45, 7) is 0.305. The average molecular weight is 467 g/mol. The predicted octanol–water partition coefficient (Wildman–Crippen LogP) is 4.32. The van der Waals surface area contributed by atoms with Gasteiger partial charge in [-0.2, -0.15) is 0 Å². The number of benzene rings is 2. The summed E-state index contributed by atoms with van der Waals surface area (Å²) >= 11 is 6.29. The van der Waals surface area contributed by atoms with Gasteiger partial charge in [0.15, 0.2) is 9.84 Å². The fraction of sp³-hybridized carbons (Fsp3) is 0.0870. The number of imidazole rings is 1. The van der Waals surface area contributed by atoms with Gasteiger partial charge in [-0.1, -0.05) is 17.7 Å². The Bertz CT molecular complexity index is 1320. The normalized spacial score (nSPS) is 11.3. The largest absolute Gasteiger partial charge is 0.336 e. The molecule has 4 aromatic rings. The van der Waals surface area contributed by atoms with E-state index in [4.69, 9.17) is 11.6 Å². The molecule has 2 aromatic heterocycles. The third-order valence-electron chi connectivity index (χ3n) is 4.82. The highest BCUT2D eigenvalue weighted by Gasteiger charge is 2.16. The quantitative estimate of drug-likeness (QED) is 0.437. The molecule has 7 nitrogen and oxygen atoms in total. The van der Waals surface area contributed by atoms with Crippen LogP contribution >= 0.6 is 11.6 Å². The Balaban J connectivity index is 1.46. The molecule has 0 radical (unpaired) electrons. The van der Waals surface area contributed by atoms with Crippen LogP contribution in [0.15, 0.2) is 90.5 Å². The molecule has 2 heterocycles. The number of halogens is 1. The molecule has 0 spiro atoms. The third kappa shape index (κ3) is 5.04. The molecule has 0 bridgehead atoms. The zero-order chi connectivity index (χ0) is 22.6. The summed E-state index contributed by atoms with van der Waals surface area (Å²) in [4.78, 5) is 21.0. The maximum atomic E-state index is 12.7. The van der Waals surface area contributed by atoms with Gasteiger partial charge in [0, 0.05) is 41.9 Å². The molecule has 4 rings (SSSR count). The SMILES string of the molecule is O=C(Nc1ccc(Cl)c(-c2ccccn2)c1)c1ccc(S(=O)(=O)CCn2ccnc2)cc1. The fourth-order valence-electron chi connectivity index (χ4n) is 3.10. The molecular weight excluding hydrogens is 448 g/mol. The first-order chi connectivity index (χ1) is 15.4. The molecule has 0 unspecified atom stereocenters. The highest BCUT2D eigenvalue weighted by Crippen LogP contribution is 2.29. The van der Waals surface area contributed by atoms with Crippen molar-refractivity contribution in [3.05, 3.63) is 96.2 Å². The van der Waals surface area contributed by atoms with E-state index in [9.17, 15) is 13.2 Å². The van der Waals surface area contributed by atoms with Crippen molar-refractivity contribution in [3.8, 4) is 11.3 Å². The van der Waals surface area contributed by atoms with Gasteiger partial charge >= 0.3 is 0 Å². The highest BCUT2D eigenvalue weighted by molar-refractivity contribution is 7.91. The van der Waals surface area contributed by atoms with Crippen molar-refractivity contribution in [2.75, 3.05) is 11.1 Å². The molecule has 0 saturated carbocycles. The van der Waals surface area contributed by atoms with Gasteiger partial charge in [-0.25, -0.2) is 13.4 Å². The predicted molar refractivity (Wildman–Crippen MR) is 123 cm³/mol. The summed E-state index contributed by atoms with van der Waals surface area (Å²) in [5, 5.41) is 3.33. The standard InChI is InChI=1S/C23H19ClN4O3S/c24-21-9-6-18(15-20(21)22-3-1-2-10-26-22)27-23(29)17-4-7-19(8-5-17)32(30,31)14-13-28-12-11-25-16-28/h1-12,15-16H,13-14H2,(H,27,29). The molecular formula is C23H19ClN4O3S. The fourth-order valence-corrected chi connectivity index (χ4v) is 4.55. The summed E-state index contributed by atoms with van der Waals surface area (Å²) in [6, 6.07) is 16.5. The number of carbonyl (C=O) groups excluding carboxylic acids is 1. The van der Waals surface area contributed by atoms with Crippen LogP contribution in [-0.4, -0.2) is 34.6 Å². The molecule has 0 atom stereocenters. The van der Waals surface area contributed by atoms with E-state index in [1.807, 2.05) is 18.2 Å². The van der Waals surface area contributed by atoms with Crippen LogP contribution in [0.25, 0.3) is 11.3 Å². The second kappa shape index (κ2) is 9.33. The van der Waals surface area contributed by atoms with Crippen LogP contribution in [-0.2, 0) is 16.4 Å². The minimum atomic E-state index is -3.48. The van der Waals surface area contributed by atoms with Gasteiger partial charge in [-0.05, 0) is 54.6 Å². The van der Waals surface area contributed by atoms with Crippen LogP contribution < -0.4 is 5.32 Å². The van der Waals surface area contributed by atoms with E-state index in [1.165, 1.54) is 24.3 Å². The van der Waals surface area contributed by atoms with E-state index in [-0.39, 0.29) is 16.6 Å². The topological polar surface area (TPSA) is 94.0 Å². The van der Waals surface area contributed by atoms with E-state index in [0.717, 1.165) is 0 Å². The number of hydrogen-bond acceptors (Lipinski definition) is 5. The lowest BCUT2D eigenvalue weighted by atomic mass is 10.1. The number of hydrogen-bond donors (Lipinski definition) is 1. The van der Waals surface area contributed by atoms with Crippen LogP contribution in [0.5, 0.6) is 0 Å². The molecule has 32 heavy (non-hydrogen) atoms. The summed E-state index contributed by atoms with van der Waals surface area (Å²) in [5.74, 6) is -0.419. The van der Waals surface area contributed by atoms with E-state index in [2.05, 4.69) is 15.3 Å². The minimum Gasteiger partial charge on any atom is -0.336 e. The number of nitrogens with zero attached hydrogens (tertiary/aromatic N) is 3. The van der Waals surface area contributed by atoms with Crippen LogP contribution in [0.2, 0.25) is 5.02 Å². The maximum absolute atomic E-state index is 12.7. The number of aromatic nitrogens is 3. The van der Waals surface area contributed by atoms with Gasteiger partial charge in [-0.15, -0.1) is 0 Å². The Morgan fingerprint density at radius 3 is 2.53 bits per heavy atom. The second-order valence-electron chi connectivity index (χ2n) is 7.01. The van der Waals surface area contributed by atoms with Crippen molar-refractivity contribution in [3.63, 3.8) is 0 Å². The van der Waals surface area contributed by atoms with Crippen LogP contribution in [0, 0.1) is 0 Å². The van der Waals surface area contributed by atoms with Crippen molar-refractivity contribution in [1.29, 1.82) is 0 Å². The number of pyridine rings is 1. The Hall–Kier alpha value is -3.49. The van der Waals surface area contributed by atoms with Crippen LogP contribution in [0.3, 0.4) is 0 Å². The number of aryl methyl sites for hydroxylation is 1. The van der Waals surface area contributed by atoms with Crippen molar-refractivity contribution >= 4 is 33.0 Å². The molecule has 9 heteroatoms. The van der Waals surface area contributed by atoms with E-state index >= 15 is 0 Å². The summed E-state index contributed by atoms with van der Waals surface area (Å²) in [7, 11) is -3.48. The van der Waals surface area contributed by atoms with E-state index in [0.29, 0.717) is 34.1 Å². The second-order valence-corrected chi connectivity index (χ2v) is 9.52. The monoisotopic (exact) mass is 466 g/mol. The molecule has 0 aliphatic carbocycles. The van der Waals surface area contributed by atoms with Crippen molar-refractivity contribution in [1.82, 2.24) is 14.5 Å². The molecule has 162 valence electrons. The molecule has 0 aliphatic rings. The third-order valence-corrected chi connectivity index (χ3v) is 6.86. The number of carbonyl (C=O) groups is 1. The first-order valence-corrected chi connectivity index (χ1v) is 11.8. The lowest BCUT2D eigenvalue weighted by Crippen LogP contribution is -2.14. The zero-order valence-corrected chi connectivity index (χ0v) is 18.4. The zero-order valence-electron chi connectivity index (χ0n) is 16.8. The summed E-state index contributed by atoms with van der Waals surface area (Å²) in [6.07, 6.45) is 6.54. The lowest BCUT2D eigenvalue weighted by Gasteiger charge is -2.10. The number of sulfone groups is 1. The van der Waals surface area contributed by atoms with Gasteiger partial charge in [0.05, 0.1) is 27.7 Å². The Labute approximate surface area is 190 Å². The summed E-state index contributed by atoms with van der Waals surface area (Å²) in [5.41, 5.74) is 2.29. The number of amides is 1. The smallest absolute Gasteiger partial charge is 0.255 e. The molecule has 2 aromatic carbocycles. The number of anilines is 1. The summed E-state index contributed by atoms with van der Waals surface area (Å²) < 4.78 is 26.8. The first-order valence-electron chi connectivity index (χ1n) is 9.73. The first kappa shape index (κ1) is 21.7. The van der Waals surface area contributed by atoms with Crippen molar-refractivity contribution in [2.45, 2.75) is 11.4 Å². The van der Waals surface area contributed by atoms with Gasteiger partial charge in [-0.3, -0.25) is 9.78 Å². The molecule has 0 aliphatic heterocycles. The number of nitrogens with one attached hydrogen (secondary N) is 1. The minimum absolute atomic E-state index is 0.0595. The lowest BCUT2D eigenvalue weighted by molar-refractivity contribution is 0.102. The highest BCUT2D eigenvalue weighted by atomic mass is 35.5. The van der Waals surface area contributed by atoms with Gasteiger partial charge in [0.2, 0.25) is 0 Å². The Kier molecular flexibility index (Phi) is 6.34. The van der Waals surface area contributed by atoms with Crippen molar-refractivity contribution < 1.29 is 13.2 Å². The van der Waals surface area contributed by atoms with Crippen molar-refractivity contribution in [2.24, 2.45) is 0 Å². The van der Waals surface area contributed by atoms with Crippen LogP contribution in [0.4, 0.5) is 5.69 Å². The average Bonchev–Trinajstić information content (AvgIpc) is 3.34. The van der Waals surface area contributed by atoms with Gasteiger partial charge < -0.3 is 9.88 Å². The van der Waals surface area contributed by atoms with Gasteiger partial charge in [0.25, 0.3) is 5.91 Å². The Morgan fingerprint density at radius 2 is 1.84 bits per heavy atom. The molecule has 0 fully saturated rings. The van der Waals surface area contributed by atoms with E-state index < -0.39 is 9.84 Å². The Morgan fingerprint density at radius 1 is 1.03 bits per heavy atom. The maximum Gasteiger partial charge on any atom is 0.255 e. The van der Waals surface area contributed by atoms with Crippen LogP contribution in [0.1, 0.15) is 10.4 Å². The van der Waals surface area contributed by atoms with E-state index in [1.54, 1.807) is 47.7 Å². The molecule has 0 saturated heterocycles. The molecule has 1 amide bonds.